The summed E-state index contributed by atoms with van der Waals surface area (Å²) in [6, 6.07) is 2.89. The SMILES string of the molecule is CS(=O)(=O)Oc1cc2c(cc1F)CCCC2. The van der Waals surface area contributed by atoms with Crippen LogP contribution in [-0.2, 0) is 23.0 Å². The highest BCUT2D eigenvalue weighted by atomic mass is 32.2. The van der Waals surface area contributed by atoms with E-state index in [4.69, 9.17) is 0 Å². The van der Waals surface area contributed by atoms with Gasteiger partial charge in [-0.25, -0.2) is 4.39 Å². The third-order valence-corrected chi connectivity index (χ3v) is 3.12. The van der Waals surface area contributed by atoms with E-state index >= 15 is 0 Å². The lowest BCUT2D eigenvalue weighted by Crippen LogP contribution is -2.10. The summed E-state index contributed by atoms with van der Waals surface area (Å²) in [4.78, 5) is 0. The molecule has 3 nitrogen and oxygen atoms in total. The van der Waals surface area contributed by atoms with Crippen molar-refractivity contribution >= 4 is 10.1 Å². The van der Waals surface area contributed by atoms with Gasteiger partial charge in [-0.05, 0) is 48.9 Å². The molecule has 0 spiro atoms. The number of hydrogen-bond acceptors (Lipinski definition) is 3. The Morgan fingerprint density at radius 1 is 1.19 bits per heavy atom. The first-order valence-electron chi connectivity index (χ1n) is 5.16. The highest BCUT2D eigenvalue weighted by Crippen LogP contribution is 2.28. The smallest absolute Gasteiger partial charge is 0.306 e. The van der Waals surface area contributed by atoms with Gasteiger partial charge in [0.15, 0.2) is 11.6 Å². The monoisotopic (exact) mass is 244 g/mol. The maximum Gasteiger partial charge on any atom is 0.306 e. The summed E-state index contributed by atoms with van der Waals surface area (Å²) in [5.74, 6) is -0.797. The number of fused-ring (bicyclic) bond motifs is 1. The molecular formula is C11H13FO3S. The molecule has 0 heterocycles. The first-order valence-corrected chi connectivity index (χ1v) is 6.98. The van der Waals surface area contributed by atoms with E-state index in [1.807, 2.05) is 0 Å². The van der Waals surface area contributed by atoms with Gasteiger partial charge in [0.2, 0.25) is 0 Å². The molecule has 1 aliphatic carbocycles. The molecule has 1 aromatic rings. The van der Waals surface area contributed by atoms with Crippen molar-refractivity contribution in [2.24, 2.45) is 0 Å². The molecule has 0 atom stereocenters. The summed E-state index contributed by atoms with van der Waals surface area (Å²) in [5.41, 5.74) is 1.95. The normalized spacial score (nSPS) is 15.6. The molecule has 5 heteroatoms. The molecule has 0 aliphatic heterocycles. The Hall–Kier alpha value is -1.10. The van der Waals surface area contributed by atoms with Crippen molar-refractivity contribution in [2.75, 3.05) is 6.26 Å². The lowest BCUT2D eigenvalue weighted by Gasteiger charge is -2.16. The van der Waals surface area contributed by atoms with Gasteiger partial charge < -0.3 is 4.18 Å². The van der Waals surface area contributed by atoms with E-state index in [1.54, 1.807) is 0 Å². The van der Waals surface area contributed by atoms with Crippen LogP contribution in [0, 0.1) is 5.82 Å². The molecule has 1 aliphatic rings. The zero-order valence-corrected chi connectivity index (χ0v) is 9.81. The number of rotatable bonds is 2. The Bertz CT molecular complexity index is 508. The second-order valence-corrected chi connectivity index (χ2v) is 5.62. The Morgan fingerprint density at radius 3 is 2.31 bits per heavy atom. The fraction of sp³-hybridized carbons (Fsp3) is 0.455. The zero-order valence-electron chi connectivity index (χ0n) is 8.99. The second-order valence-electron chi connectivity index (χ2n) is 4.05. The average Bonchev–Trinajstić information content (AvgIpc) is 2.17. The lowest BCUT2D eigenvalue weighted by atomic mass is 9.91. The molecule has 88 valence electrons. The van der Waals surface area contributed by atoms with Crippen molar-refractivity contribution in [3.8, 4) is 5.75 Å². The molecule has 0 amide bonds. The van der Waals surface area contributed by atoms with Crippen LogP contribution in [-0.4, -0.2) is 14.7 Å². The Morgan fingerprint density at radius 2 is 1.75 bits per heavy atom. The van der Waals surface area contributed by atoms with Crippen LogP contribution >= 0.6 is 0 Å². The van der Waals surface area contributed by atoms with Gasteiger partial charge in [-0.1, -0.05) is 0 Å². The van der Waals surface area contributed by atoms with Crippen molar-refractivity contribution in [3.05, 3.63) is 29.1 Å². The first-order chi connectivity index (χ1) is 7.46. The summed E-state index contributed by atoms with van der Waals surface area (Å²) in [7, 11) is -3.67. The third-order valence-electron chi connectivity index (χ3n) is 2.64. The molecule has 0 saturated carbocycles. The van der Waals surface area contributed by atoms with Gasteiger partial charge in [-0.2, -0.15) is 8.42 Å². The standard InChI is InChI=1S/C11H13FO3S/c1-16(13,14)15-11-7-9-5-3-2-4-8(9)6-10(11)12/h6-7H,2-5H2,1H3. The summed E-state index contributed by atoms with van der Waals surface area (Å²) < 4.78 is 40.0. The van der Waals surface area contributed by atoms with Crippen LogP contribution in [0.4, 0.5) is 4.39 Å². The van der Waals surface area contributed by atoms with E-state index in [1.165, 1.54) is 12.1 Å². The summed E-state index contributed by atoms with van der Waals surface area (Å²) in [5, 5.41) is 0. The van der Waals surface area contributed by atoms with Crippen LogP contribution in [0.25, 0.3) is 0 Å². The number of aryl methyl sites for hydroxylation is 2. The summed E-state index contributed by atoms with van der Waals surface area (Å²) in [6.45, 7) is 0. The minimum atomic E-state index is -3.67. The molecule has 0 N–H and O–H groups in total. The molecular weight excluding hydrogens is 231 g/mol. The second kappa shape index (κ2) is 4.05. The van der Waals surface area contributed by atoms with Crippen LogP contribution in [0.3, 0.4) is 0 Å². The van der Waals surface area contributed by atoms with E-state index in [0.29, 0.717) is 0 Å². The van der Waals surface area contributed by atoms with E-state index in [0.717, 1.165) is 43.1 Å². The average molecular weight is 244 g/mol. The van der Waals surface area contributed by atoms with E-state index < -0.39 is 15.9 Å². The topological polar surface area (TPSA) is 43.4 Å². The van der Waals surface area contributed by atoms with Gasteiger partial charge in [0.05, 0.1) is 6.26 Å². The van der Waals surface area contributed by atoms with Crippen molar-refractivity contribution < 1.29 is 17.0 Å². The van der Waals surface area contributed by atoms with E-state index in [2.05, 4.69) is 4.18 Å². The molecule has 16 heavy (non-hydrogen) atoms. The minimum Gasteiger partial charge on any atom is -0.379 e. The molecule has 2 rings (SSSR count). The maximum atomic E-state index is 13.5. The van der Waals surface area contributed by atoms with Crippen molar-refractivity contribution in [1.29, 1.82) is 0 Å². The zero-order chi connectivity index (χ0) is 11.8. The van der Waals surface area contributed by atoms with Gasteiger partial charge in [0, 0.05) is 0 Å². The predicted octanol–water partition coefficient (Wildman–Crippen LogP) is 2.04. The molecule has 0 saturated heterocycles. The number of hydrogen-bond donors (Lipinski definition) is 0. The van der Waals surface area contributed by atoms with Gasteiger partial charge in [-0.3, -0.25) is 0 Å². The van der Waals surface area contributed by atoms with Gasteiger partial charge >= 0.3 is 10.1 Å². The van der Waals surface area contributed by atoms with Crippen LogP contribution < -0.4 is 4.18 Å². The number of benzene rings is 1. The predicted molar refractivity (Wildman–Crippen MR) is 58.5 cm³/mol. The van der Waals surface area contributed by atoms with Crippen molar-refractivity contribution in [2.45, 2.75) is 25.7 Å². The van der Waals surface area contributed by atoms with Crippen LogP contribution in [0.5, 0.6) is 5.75 Å². The van der Waals surface area contributed by atoms with E-state index in [-0.39, 0.29) is 5.75 Å². The van der Waals surface area contributed by atoms with Gasteiger partial charge in [0.1, 0.15) is 0 Å². The molecule has 0 unspecified atom stereocenters. The van der Waals surface area contributed by atoms with Gasteiger partial charge in [-0.15, -0.1) is 0 Å². The highest BCUT2D eigenvalue weighted by Gasteiger charge is 2.16. The number of halogens is 1. The van der Waals surface area contributed by atoms with Crippen LogP contribution in [0.15, 0.2) is 12.1 Å². The van der Waals surface area contributed by atoms with Crippen LogP contribution in [0.1, 0.15) is 24.0 Å². The third kappa shape index (κ3) is 2.52. The molecule has 0 aromatic heterocycles. The van der Waals surface area contributed by atoms with Crippen LogP contribution in [0.2, 0.25) is 0 Å². The van der Waals surface area contributed by atoms with Gasteiger partial charge in [0.25, 0.3) is 0 Å². The maximum absolute atomic E-state index is 13.5. The largest absolute Gasteiger partial charge is 0.379 e. The summed E-state index contributed by atoms with van der Waals surface area (Å²) in [6.07, 6.45) is 4.72. The fourth-order valence-electron chi connectivity index (χ4n) is 1.96. The lowest BCUT2D eigenvalue weighted by molar-refractivity contribution is 0.464. The molecule has 0 radical (unpaired) electrons. The van der Waals surface area contributed by atoms with Crippen molar-refractivity contribution in [3.63, 3.8) is 0 Å². The quantitative estimate of drug-likeness (QED) is 0.748. The molecule has 1 aromatic carbocycles. The molecule has 0 bridgehead atoms. The highest BCUT2D eigenvalue weighted by molar-refractivity contribution is 7.86. The Balaban J connectivity index is 2.40. The Labute approximate surface area is 94.4 Å². The Kier molecular flexibility index (Phi) is 2.88. The first kappa shape index (κ1) is 11.4. The van der Waals surface area contributed by atoms with E-state index in [9.17, 15) is 12.8 Å². The summed E-state index contributed by atoms with van der Waals surface area (Å²) >= 11 is 0. The fourth-order valence-corrected chi connectivity index (χ4v) is 2.41. The van der Waals surface area contributed by atoms with Crippen molar-refractivity contribution in [1.82, 2.24) is 0 Å². The minimum absolute atomic E-state index is 0.192. The molecule has 0 fully saturated rings.